The van der Waals surface area contributed by atoms with Crippen LogP contribution in [0.5, 0.6) is 11.5 Å². The summed E-state index contributed by atoms with van der Waals surface area (Å²) >= 11 is 6.22. The van der Waals surface area contributed by atoms with Gasteiger partial charge in [0.1, 0.15) is 5.54 Å². The van der Waals surface area contributed by atoms with Gasteiger partial charge in [-0.25, -0.2) is 0 Å². The highest BCUT2D eigenvalue weighted by atomic mass is 35.5. The fraction of sp³-hybridized carbons (Fsp3) is 0.304. The van der Waals surface area contributed by atoms with E-state index in [1.54, 1.807) is 36.4 Å². The molecular formula is C23H19ClN4O6. The summed E-state index contributed by atoms with van der Waals surface area (Å²) in [5.74, 6) is -2.98. The van der Waals surface area contributed by atoms with Gasteiger partial charge in [0.25, 0.3) is 0 Å². The van der Waals surface area contributed by atoms with Crippen molar-refractivity contribution in [1.82, 2.24) is 10.2 Å². The van der Waals surface area contributed by atoms with Crippen molar-refractivity contribution >= 4 is 40.9 Å². The number of benzene rings is 2. The number of nitrogens with zero attached hydrogens (tertiary/aromatic N) is 1. The van der Waals surface area contributed by atoms with Crippen LogP contribution in [-0.4, -0.2) is 41.4 Å². The van der Waals surface area contributed by atoms with Gasteiger partial charge in [-0.05, 0) is 35.9 Å². The van der Waals surface area contributed by atoms with Crippen LogP contribution < -0.4 is 25.8 Å². The summed E-state index contributed by atoms with van der Waals surface area (Å²) in [5, 5.41) is 6.29. The maximum Gasteiger partial charge on any atom is 0.250 e. The lowest BCUT2D eigenvalue weighted by Crippen LogP contribution is -2.53. The summed E-state index contributed by atoms with van der Waals surface area (Å²) in [7, 11) is 0. The van der Waals surface area contributed by atoms with Crippen molar-refractivity contribution in [1.29, 1.82) is 0 Å². The van der Waals surface area contributed by atoms with E-state index in [9.17, 15) is 19.2 Å². The van der Waals surface area contributed by atoms with E-state index < -0.39 is 47.0 Å². The van der Waals surface area contributed by atoms with E-state index in [0.29, 0.717) is 33.3 Å². The first kappa shape index (κ1) is 20.9. The number of imide groups is 1. The number of carbonyl (C=O) groups is 4. The maximum absolute atomic E-state index is 13.7. The third kappa shape index (κ3) is 2.78. The van der Waals surface area contributed by atoms with Gasteiger partial charge < -0.3 is 20.5 Å². The number of ether oxygens (including phenoxy) is 2. The zero-order valence-corrected chi connectivity index (χ0v) is 18.4. The Balaban J connectivity index is 1.42. The second-order valence-corrected chi connectivity index (χ2v) is 9.26. The van der Waals surface area contributed by atoms with Crippen LogP contribution in [0.25, 0.3) is 0 Å². The minimum Gasteiger partial charge on any atom is -0.454 e. The minimum atomic E-state index is -1.54. The van der Waals surface area contributed by atoms with E-state index >= 15 is 0 Å². The molecule has 4 N–H and O–H groups in total. The van der Waals surface area contributed by atoms with Gasteiger partial charge in [-0.1, -0.05) is 17.7 Å². The van der Waals surface area contributed by atoms with Crippen LogP contribution in [0.15, 0.2) is 36.4 Å². The smallest absolute Gasteiger partial charge is 0.250 e. The van der Waals surface area contributed by atoms with Crippen LogP contribution in [0.2, 0.25) is 5.02 Å². The van der Waals surface area contributed by atoms with Crippen molar-refractivity contribution in [3.05, 3.63) is 52.5 Å². The van der Waals surface area contributed by atoms with Gasteiger partial charge in [-0.3, -0.25) is 29.4 Å². The van der Waals surface area contributed by atoms with Crippen molar-refractivity contribution in [2.45, 2.75) is 24.5 Å². The Kier molecular flexibility index (Phi) is 4.42. The molecule has 11 heteroatoms. The molecule has 0 saturated carbocycles. The number of rotatable bonds is 4. The number of primary amides is 1. The summed E-state index contributed by atoms with van der Waals surface area (Å²) in [5.41, 5.74) is 5.54. The molecule has 0 bridgehead atoms. The summed E-state index contributed by atoms with van der Waals surface area (Å²) in [6.45, 7) is 0.0925. The Hall–Kier alpha value is -3.63. The topological polar surface area (TPSA) is 140 Å². The second-order valence-electron chi connectivity index (χ2n) is 8.83. The van der Waals surface area contributed by atoms with E-state index in [1.165, 1.54) is 0 Å². The lowest BCUT2D eigenvalue weighted by molar-refractivity contribution is -0.143. The molecule has 4 aliphatic heterocycles. The highest BCUT2D eigenvalue weighted by molar-refractivity contribution is 6.31. The number of carbonyl (C=O) groups excluding carboxylic acids is 4. The molecule has 10 nitrogen and oxygen atoms in total. The standard InChI is InChI=1S/C23H19ClN4O6/c24-11-2-3-13-12(6-11)23(22(32)26-13)19-18(14(27-23)7-17(25)29)20(30)28(21(19)31)8-10-1-4-15-16(5-10)34-9-33-15/h1-6,14,18-19,27H,7-9H2,(H2,25,29)(H,26,32)/t14-,18-,19-,23+/m0/s1. The second kappa shape index (κ2) is 7.18. The van der Waals surface area contributed by atoms with Crippen LogP contribution in [0.3, 0.4) is 0 Å². The van der Waals surface area contributed by atoms with Gasteiger partial charge in [-0.2, -0.15) is 0 Å². The SMILES string of the molecule is NC(=O)C[C@@H]1N[C@@]2(C(=O)Nc3ccc(Cl)cc32)[C@@H]2C(=O)N(Cc3ccc4c(c3)OCO4)C(=O)[C@@H]12. The predicted molar refractivity (Wildman–Crippen MR) is 118 cm³/mol. The molecule has 1 spiro atoms. The number of nitrogens with one attached hydrogen (secondary N) is 2. The lowest BCUT2D eigenvalue weighted by atomic mass is 9.76. The molecule has 2 aromatic rings. The summed E-state index contributed by atoms with van der Waals surface area (Å²) in [4.78, 5) is 53.6. The Labute approximate surface area is 198 Å². The maximum atomic E-state index is 13.7. The Morgan fingerprint density at radius 2 is 1.91 bits per heavy atom. The van der Waals surface area contributed by atoms with Gasteiger partial charge in [-0.15, -0.1) is 0 Å². The number of hydrogen-bond donors (Lipinski definition) is 3. The molecule has 2 fully saturated rings. The van der Waals surface area contributed by atoms with Gasteiger partial charge in [0.05, 0.1) is 18.4 Å². The first-order valence-electron chi connectivity index (χ1n) is 10.7. The third-order valence-electron chi connectivity index (χ3n) is 6.97. The van der Waals surface area contributed by atoms with Gasteiger partial charge in [0.15, 0.2) is 11.5 Å². The molecule has 6 rings (SSSR count). The van der Waals surface area contributed by atoms with E-state index in [2.05, 4.69) is 10.6 Å². The lowest BCUT2D eigenvalue weighted by Gasteiger charge is -2.29. The highest BCUT2D eigenvalue weighted by Crippen LogP contribution is 2.54. The number of hydrogen-bond acceptors (Lipinski definition) is 7. The molecule has 174 valence electrons. The largest absolute Gasteiger partial charge is 0.454 e. The van der Waals surface area contributed by atoms with Crippen molar-refractivity contribution in [2.24, 2.45) is 17.6 Å². The first-order valence-corrected chi connectivity index (χ1v) is 11.1. The normalized spacial score (nSPS) is 28.4. The fourth-order valence-electron chi connectivity index (χ4n) is 5.60. The predicted octanol–water partition coefficient (Wildman–Crippen LogP) is 0.865. The fourth-order valence-corrected chi connectivity index (χ4v) is 5.78. The average molecular weight is 483 g/mol. The molecule has 0 radical (unpaired) electrons. The van der Waals surface area contributed by atoms with Gasteiger partial charge in [0.2, 0.25) is 30.4 Å². The molecule has 4 atom stereocenters. The van der Waals surface area contributed by atoms with E-state index in [1.807, 2.05) is 0 Å². The van der Waals surface area contributed by atoms with Gasteiger partial charge >= 0.3 is 0 Å². The minimum absolute atomic E-state index is 0.00923. The van der Waals surface area contributed by atoms with Crippen LogP contribution in [-0.2, 0) is 31.3 Å². The molecule has 0 aliphatic carbocycles. The van der Waals surface area contributed by atoms with Crippen LogP contribution in [0.1, 0.15) is 17.5 Å². The van der Waals surface area contributed by atoms with Crippen molar-refractivity contribution < 1.29 is 28.7 Å². The Bertz CT molecular complexity index is 1300. The third-order valence-corrected chi connectivity index (χ3v) is 7.20. The van der Waals surface area contributed by atoms with Gasteiger partial charge in [0, 0.05) is 28.7 Å². The summed E-state index contributed by atoms with van der Waals surface area (Å²) < 4.78 is 10.7. The molecule has 2 aromatic carbocycles. The van der Waals surface area contributed by atoms with Crippen molar-refractivity contribution in [3.63, 3.8) is 0 Å². The average Bonchev–Trinajstić information content (AvgIpc) is 3.51. The zero-order valence-electron chi connectivity index (χ0n) is 17.7. The molecule has 2 saturated heterocycles. The molecule has 4 aliphatic rings. The van der Waals surface area contributed by atoms with Crippen molar-refractivity contribution in [3.8, 4) is 11.5 Å². The van der Waals surface area contributed by atoms with Crippen LogP contribution in [0.4, 0.5) is 5.69 Å². The molecule has 4 heterocycles. The number of halogens is 1. The monoisotopic (exact) mass is 482 g/mol. The number of anilines is 1. The Morgan fingerprint density at radius 1 is 1.12 bits per heavy atom. The molecule has 4 amide bonds. The summed E-state index contributed by atoms with van der Waals surface area (Å²) in [6, 6.07) is 9.25. The van der Waals surface area contributed by atoms with Crippen molar-refractivity contribution in [2.75, 3.05) is 12.1 Å². The quantitative estimate of drug-likeness (QED) is 0.549. The first-order chi connectivity index (χ1) is 16.3. The molecular weight excluding hydrogens is 464 g/mol. The number of amides is 4. The number of fused-ring (bicyclic) bond motifs is 5. The highest BCUT2D eigenvalue weighted by Gasteiger charge is 2.70. The molecule has 0 aromatic heterocycles. The van der Waals surface area contributed by atoms with E-state index in [-0.39, 0.29) is 19.8 Å². The summed E-state index contributed by atoms with van der Waals surface area (Å²) in [6.07, 6.45) is -0.205. The number of nitrogens with two attached hydrogens (primary N) is 1. The zero-order chi connectivity index (χ0) is 23.8. The molecule has 34 heavy (non-hydrogen) atoms. The van der Waals surface area contributed by atoms with Crippen LogP contribution >= 0.6 is 11.6 Å². The Morgan fingerprint density at radius 3 is 2.71 bits per heavy atom. The molecule has 0 unspecified atom stereocenters. The number of likely N-dealkylation sites (tertiary alicyclic amines) is 1. The van der Waals surface area contributed by atoms with E-state index in [4.69, 9.17) is 26.8 Å². The van der Waals surface area contributed by atoms with Crippen LogP contribution in [0, 0.1) is 11.8 Å². The van der Waals surface area contributed by atoms with E-state index in [0.717, 1.165) is 4.90 Å².